The van der Waals surface area contributed by atoms with Gasteiger partial charge in [0.25, 0.3) is 0 Å². The van der Waals surface area contributed by atoms with E-state index in [0.29, 0.717) is 41.9 Å². The first kappa shape index (κ1) is 48.9. The number of amides is 1. The standard InChI is InChI=1S/C32H42N6O2S.C22H24ClN3OS/c1-21-16-22(2)18-24(17-21)29-25(8-11-36-12-14-37(15-13-36)20-28(39)38-9-6-7-10-38)26-19-27(41-30(26)33-29)32(4,5)31-35-34-23(3)40-31;1-12-8-13(2)10-15(9-12)19-16(6-7-23)17-11-18(28-20(17)24-19)22(4,5)21-26-25-14(3)27-21/h16-19,33H,6-15,20H2,1-5H3;8-11,24H,6-7H2,1-5H3. The van der Waals surface area contributed by atoms with Gasteiger partial charge in [-0.05, 0) is 140 Å². The van der Waals surface area contributed by atoms with Crippen molar-refractivity contribution in [3.8, 4) is 22.5 Å². The third-order valence-electron chi connectivity index (χ3n) is 13.9. The Hall–Kier alpha value is -5.12. The molecule has 2 aliphatic heterocycles. The minimum absolute atomic E-state index is 0.302. The van der Waals surface area contributed by atoms with Crippen LogP contribution in [-0.2, 0) is 28.5 Å². The SMILES string of the molecule is Cc1cc(C)cc(-c2[nH]c3sc(C(C)(C)c4nnc(C)o4)cc3c2CCCl)c1.Cc1cc(C)cc(-c2[nH]c3sc(C(C)(C)c4nnc(C)o4)cc3c2CCN2CCN(CC(=O)N3CCCC3)CC2)c1. The number of alkyl halides is 1. The molecule has 0 aliphatic carbocycles. The fourth-order valence-electron chi connectivity index (χ4n) is 10.0. The number of carbonyl (C=O) groups excluding carboxylic acids is 1. The highest BCUT2D eigenvalue weighted by atomic mass is 35.5. The van der Waals surface area contributed by atoms with Crippen molar-refractivity contribution in [1.82, 2.24) is 45.1 Å². The Morgan fingerprint density at radius 3 is 1.46 bits per heavy atom. The average Bonchev–Trinajstić information content (AvgIpc) is 4.16. The van der Waals surface area contributed by atoms with E-state index >= 15 is 0 Å². The van der Waals surface area contributed by atoms with Crippen molar-refractivity contribution < 1.29 is 13.6 Å². The maximum absolute atomic E-state index is 12.6. The molecular formula is C54H66ClN9O3S2. The third-order valence-corrected chi connectivity index (χ3v) is 16.8. The van der Waals surface area contributed by atoms with Crippen molar-refractivity contribution in [3.05, 3.63) is 115 Å². The first-order valence-corrected chi connectivity index (χ1v) is 26.5. The van der Waals surface area contributed by atoms with Crippen molar-refractivity contribution in [3.63, 3.8) is 0 Å². The van der Waals surface area contributed by atoms with Crippen LogP contribution in [0.5, 0.6) is 0 Å². The monoisotopic (exact) mass is 987 g/mol. The Labute approximate surface area is 418 Å². The largest absolute Gasteiger partial charge is 0.425 e. The number of fused-ring (bicyclic) bond motifs is 2. The molecular weight excluding hydrogens is 922 g/mol. The summed E-state index contributed by atoms with van der Waals surface area (Å²) < 4.78 is 11.6. The highest BCUT2D eigenvalue weighted by Crippen LogP contribution is 2.44. The lowest BCUT2D eigenvalue weighted by Gasteiger charge is -2.35. The molecule has 0 saturated carbocycles. The number of nitrogens with zero attached hydrogens (tertiary/aromatic N) is 7. The van der Waals surface area contributed by atoms with Gasteiger partial charge in [-0.15, -0.1) is 54.7 Å². The smallest absolute Gasteiger partial charge is 0.236 e. The number of rotatable bonds is 13. The van der Waals surface area contributed by atoms with Crippen LogP contribution in [0.4, 0.5) is 0 Å². The molecule has 1 amide bonds. The molecule has 2 saturated heterocycles. The van der Waals surface area contributed by atoms with E-state index < -0.39 is 0 Å². The molecule has 364 valence electrons. The lowest BCUT2D eigenvalue weighted by molar-refractivity contribution is -0.131. The number of halogens is 1. The Morgan fingerprint density at radius 2 is 1.04 bits per heavy atom. The molecule has 12 nitrogen and oxygen atoms in total. The second kappa shape index (κ2) is 19.9. The molecule has 0 unspecified atom stereocenters. The van der Waals surface area contributed by atoms with Crippen LogP contribution in [0.3, 0.4) is 0 Å². The molecule has 6 aromatic heterocycles. The molecule has 0 spiro atoms. The number of carbonyl (C=O) groups is 1. The first-order valence-electron chi connectivity index (χ1n) is 24.3. The number of nitrogens with one attached hydrogen (secondary N) is 2. The van der Waals surface area contributed by atoms with Crippen LogP contribution >= 0.6 is 34.3 Å². The Morgan fingerprint density at radius 1 is 0.609 bits per heavy atom. The number of aryl methyl sites for hydroxylation is 7. The summed E-state index contributed by atoms with van der Waals surface area (Å²) in [6.07, 6.45) is 4.08. The summed E-state index contributed by atoms with van der Waals surface area (Å²) in [5.41, 5.74) is 11.9. The van der Waals surface area contributed by atoms with Crippen LogP contribution in [-0.4, -0.2) is 109 Å². The molecule has 8 heterocycles. The highest BCUT2D eigenvalue weighted by molar-refractivity contribution is 7.19. The summed E-state index contributed by atoms with van der Waals surface area (Å²) in [5, 5.41) is 19.2. The minimum atomic E-state index is -0.369. The van der Waals surface area contributed by atoms with E-state index in [-0.39, 0.29) is 10.8 Å². The maximum atomic E-state index is 12.6. The normalized spacial score (nSPS) is 15.2. The van der Waals surface area contributed by atoms with Crippen molar-refractivity contribution >= 4 is 60.6 Å². The fourth-order valence-corrected chi connectivity index (χ4v) is 12.6. The number of H-pyrrole nitrogens is 2. The number of likely N-dealkylation sites (tertiary alicyclic amines) is 1. The topological polar surface area (TPSA) is 136 Å². The predicted molar refractivity (Wildman–Crippen MR) is 281 cm³/mol. The van der Waals surface area contributed by atoms with E-state index in [4.69, 9.17) is 20.4 Å². The van der Waals surface area contributed by atoms with Crippen LogP contribution < -0.4 is 0 Å². The molecule has 0 atom stereocenters. The number of piperazine rings is 1. The zero-order valence-corrected chi connectivity index (χ0v) is 44.2. The van der Waals surface area contributed by atoms with Gasteiger partial charge in [0.1, 0.15) is 9.66 Å². The fraction of sp³-hybridized carbons (Fsp3) is 0.463. The molecule has 0 bridgehead atoms. The van der Waals surface area contributed by atoms with Gasteiger partial charge in [0.15, 0.2) is 0 Å². The number of aromatic nitrogens is 6. The van der Waals surface area contributed by atoms with Crippen LogP contribution in [0.15, 0.2) is 57.4 Å². The molecule has 10 rings (SSSR count). The van der Waals surface area contributed by atoms with Crippen LogP contribution in [0.25, 0.3) is 42.9 Å². The summed E-state index contributed by atoms with van der Waals surface area (Å²) in [6, 6.07) is 18.0. The zero-order valence-electron chi connectivity index (χ0n) is 41.9. The maximum Gasteiger partial charge on any atom is 0.236 e. The van der Waals surface area contributed by atoms with E-state index in [1.807, 2.05) is 18.7 Å². The summed E-state index contributed by atoms with van der Waals surface area (Å²) in [7, 11) is 0. The molecule has 2 aromatic carbocycles. The number of hydrogen-bond donors (Lipinski definition) is 2. The number of thiophene rings is 2. The van der Waals surface area contributed by atoms with Gasteiger partial charge < -0.3 is 28.6 Å². The first-order chi connectivity index (χ1) is 33.0. The Bertz CT molecular complexity index is 3060. The van der Waals surface area contributed by atoms with Gasteiger partial charge in [0, 0.05) is 86.1 Å². The van der Waals surface area contributed by atoms with Crippen LogP contribution in [0.2, 0.25) is 0 Å². The van der Waals surface area contributed by atoms with E-state index in [1.54, 1.807) is 22.7 Å². The van der Waals surface area contributed by atoms with E-state index in [1.165, 1.54) is 81.3 Å². The second-order valence-electron chi connectivity index (χ2n) is 20.3. The van der Waals surface area contributed by atoms with Gasteiger partial charge in [-0.2, -0.15) is 0 Å². The van der Waals surface area contributed by atoms with Crippen LogP contribution in [0, 0.1) is 41.5 Å². The highest BCUT2D eigenvalue weighted by Gasteiger charge is 2.34. The summed E-state index contributed by atoms with van der Waals surface area (Å²) in [4.78, 5) is 31.8. The molecule has 15 heteroatoms. The summed E-state index contributed by atoms with van der Waals surface area (Å²) >= 11 is 9.70. The summed E-state index contributed by atoms with van der Waals surface area (Å²) in [5.74, 6) is 3.36. The van der Waals surface area contributed by atoms with E-state index in [2.05, 4.69) is 144 Å². The van der Waals surface area contributed by atoms with Gasteiger partial charge in [0.05, 0.1) is 28.8 Å². The van der Waals surface area contributed by atoms with Crippen molar-refractivity contribution in [2.45, 2.75) is 106 Å². The molecule has 0 radical (unpaired) electrons. The molecule has 2 N–H and O–H groups in total. The number of hydrogen-bond acceptors (Lipinski definition) is 11. The van der Waals surface area contributed by atoms with Crippen LogP contribution in [0.1, 0.15) is 107 Å². The van der Waals surface area contributed by atoms with Crippen molar-refractivity contribution in [1.29, 1.82) is 0 Å². The lowest BCUT2D eigenvalue weighted by atomic mass is 9.90. The van der Waals surface area contributed by atoms with Crippen molar-refractivity contribution in [2.24, 2.45) is 0 Å². The molecule has 2 aliphatic rings. The Kier molecular flexibility index (Phi) is 14.1. The quantitative estimate of drug-likeness (QED) is 0.108. The van der Waals surface area contributed by atoms with Gasteiger partial charge in [0.2, 0.25) is 29.5 Å². The molecule has 8 aromatic rings. The number of aromatic amines is 2. The van der Waals surface area contributed by atoms with Gasteiger partial charge in [-0.25, -0.2) is 0 Å². The second-order valence-corrected chi connectivity index (χ2v) is 22.8. The van der Waals surface area contributed by atoms with Gasteiger partial charge >= 0.3 is 0 Å². The van der Waals surface area contributed by atoms with E-state index in [0.717, 1.165) is 76.3 Å². The van der Waals surface area contributed by atoms with Gasteiger partial charge in [-0.3, -0.25) is 9.69 Å². The minimum Gasteiger partial charge on any atom is -0.425 e. The molecule has 69 heavy (non-hydrogen) atoms. The van der Waals surface area contributed by atoms with Gasteiger partial charge in [-0.1, -0.05) is 34.4 Å². The Balaban J connectivity index is 0.000000185. The number of benzene rings is 2. The summed E-state index contributed by atoms with van der Waals surface area (Å²) in [6.45, 7) is 28.1. The third kappa shape index (κ3) is 10.4. The zero-order chi connectivity index (χ0) is 48.8. The predicted octanol–water partition coefficient (Wildman–Crippen LogP) is 11.6. The molecule has 2 fully saturated rings. The average molecular weight is 989 g/mol. The van der Waals surface area contributed by atoms with E-state index in [9.17, 15) is 4.79 Å². The lowest BCUT2D eigenvalue weighted by Crippen LogP contribution is -2.50. The van der Waals surface area contributed by atoms with Crippen molar-refractivity contribution in [2.75, 3.05) is 58.2 Å².